The molecule has 0 aliphatic carbocycles. The van der Waals surface area contributed by atoms with Crippen LogP contribution in [0.2, 0.25) is 10.0 Å². The van der Waals surface area contributed by atoms with Gasteiger partial charge in [-0.25, -0.2) is 4.39 Å². The molecule has 1 aliphatic rings. The average molecular weight is 536 g/mol. The van der Waals surface area contributed by atoms with Crippen LogP contribution in [0.3, 0.4) is 0 Å². The highest BCUT2D eigenvalue weighted by Crippen LogP contribution is 2.37. The van der Waals surface area contributed by atoms with Gasteiger partial charge in [-0.2, -0.15) is 0 Å². The molecule has 0 saturated carbocycles. The van der Waals surface area contributed by atoms with Crippen molar-refractivity contribution in [1.82, 2.24) is 9.47 Å². The third-order valence-corrected chi connectivity index (χ3v) is 7.68. The van der Waals surface area contributed by atoms with Crippen LogP contribution in [0, 0.1) is 5.82 Å². The van der Waals surface area contributed by atoms with E-state index >= 15 is 0 Å². The summed E-state index contributed by atoms with van der Waals surface area (Å²) in [6.07, 6.45) is 2.50. The highest BCUT2D eigenvalue weighted by Gasteiger charge is 2.42. The number of amides is 2. The molecule has 1 aromatic heterocycles. The number of likely N-dealkylation sites (tertiary alicyclic amines) is 1. The molecule has 1 fully saturated rings. The lowest BCUT2D eigenvalue weighted by molar-refractivity contribution is -0.125. The van der Waals surface area contributed by atoms with Crippen molar-refractivity contribution < 1.29 is 14.0 Å². The van der Waals surface area contributed by atoms with Crippen molar-refractivity contribution in [2.24, 2.45) is 5.73 Å². The second-order valence-corrected chi connectivity index (χ2v) is 10.0. The molecule has 3 aromatic carbocycles. The van der Waals surface area contributed by atoms with Gasteiger partial charge >= 0.3 is 0 Å². The first kappa shape index (κ1) is 25.1. The first-order chi connectivity index (χ1) is 17.8. The van der Waals surface area contributed by atoms with E-state index in [9.17, 15) is 14.0 Å². The third kappa shape index (κ3) is 4.75. The van der Waals surface area contributed by atoms with Gasteiger partial charge in [0.2, 0.25) is 5.91 Å². The number of carbonyl (C=O) groups is 2. The lowest BCUT2D eigenvalue weighted by Crippen LogP contribution is -2.51. The molecule has 2 heterocycles. The Labute approximate surface area is 224 Å². The summed E-state index contributed by atoms with van der Waals surface area (Å²) >= 11 is 12.6. The van der Waals surface area contributed by atoms with E-state index in [1.807, 2.05) is 41.0 Å². The Morgan fingerprint density at radius 1 is 0.892 bits per heavy atom. The fourth-order valence-electron chi connectivity index (χ4n) is 4.99. The zero-order valence-corrected chi connectivity index (χ0v) is 21.3. The molecule has 0 bridgehead atoms. The average Bonchev–Trinajstić information content (AvgIpc) is 3.34. The first-order valence-corrected chi connectivity index (χ1v) is 12.6. The molecule has 188 valence electrons. The Hall–Kier alpha value is -3.61. The predicted octanol–water partition coefficient (Wildman–Crippen LogP) is 6.25. The molecule has 5 rings (SSSR count). The predicted molar refractivity (Wildman–Crippen MR) is 144 cm³/mol. The number of primary amides is 1. The summed E-state index contributed by atoms with van der Waals surface area (Å²) in [5.41, 5.74) is 8.44. The molecular formula is C29H24Cl2FN3O2. The van der Waals surface area contributed by atoms with Gasteiger partial charge in [-0.1, -0.05) is 53.5 Å². The lowest BCUT2D eigenvalue weighted by Gasteiger charge is -2.40. The van der Waals surface area contributed by atoms with E-state index in [1.165, 1.54) is 12.1 Å². The van der Waals surface area contributed by atoms with Gasteiger partial charge in [0, 0.05) is 40.6 Å². The molecule has 0 radical (unpaired) electrons. The molecule has 0 atom stereocenters. The highest BCUT2D eigenvalue weighted by molar-refractivity contribution is 6.33. The molecule has 1 saturated heterocycles. The van der Waals surface area contributed by atoms with E-state index in [0.29, 0.717) is 47.1 Å². The number of carbonyl (C=O) groups excluding carboxylic acids is 2. The summed E-state index contributed by atoms with van der Waals surface area (Å²) in [6, 6.07) is 22.5. The van der Waals surface area contributed by atoms with Crippen LogP contribution in [0.25, 0.3) is 16.9 Å². The van der Waals surface area contributed by atoms with Gasteiger partial charge in [0.05, 0.1) is 16.7 Å². The van der Waals surface area contributed by atoms with Crippen molar-refractivity contribution in [3.05, 3.63) is 112 Å². The largest absolute Gasteiger partial charge is 0.369 e. The molecule has 0 spiro atoms. The minimum absolute atomic E-state index is 0.154. The van der Waals surface area contributed by atoms with E-state index in [4.69, 9.17) is 28.9 Å². The Balaban J connectivity index is 1.46. The number of aromatic nitrogens is 1. The van der Waals surface area contributed by atoms with Crippen LogP contribution in [0.1, 0.15) is 28.8 Å². The molecule has 4 aromatic rings. The minimum atomic E-state index is -0.942. The Kier molecular flexibility index (Phi) is 6.80. The fourth-order valence-corrected chi connectivity index (χ4v) is 5.35. The smallest absolute Gasteiger partial charge is 0.255 e. The Bertz CT molecular complexity index is 1460. The topological polar surface area (TPSA) is 68.3 Å². The molecule has 8 heteroatoms. The van der Waals surface area contributed by atoms with E-state index < -0.39 is 11.3 Å². The molecule has 37 heavy (non-hydrogen) atoms. The third-order valence-electron chi connectivity index (χ3n) is 7.09. The summed E-state index contributed by atoms with van der Waals surface area (Å²) in [7, 11) is 0. The zero-order valence-electron chi connectivity index (χ0n) is 19.8. The van der Waals surface area contributed by atoms with Gasteiger partial charge in [-0.3, -0.25) is 9.59 Å². The number of nitrogens with zero attached hydrogens (tertiary/aromatic N) is 2. The van der Waals surface area contributed by atoms with E-state index in [2.05, 4.69) is 0 Å². The van der Waals surface area contributed by atoms with Gasteiger partial charge < -0.3 is 15.2 Å². The number of halogens is 3. The van der Waals surface area contributed by atoms with Gasteiger partial charge in [0.15, 0.2) is 0 Å². The standard InChI is InChI=1S/C29H24Cl2FN3O2/c30-21-7-11-23(12-8-21)35-18-19(17-26(35)24-3-1-2-4-25(24)31)27(36)34-15-13-29(14-16-34,28(33)37)20-5-9-22(32)10-6-20/h1-12,17-18H,13-16H2,(H2,33,37). The van der Waals surface area contributed by atoms with E-state index in [1.54, 1.807) is 41.4 Å². The van der Waals surface area contributed by atoms with E-state index in [0.717, 1.165) is 16.9 Å². The quantitative estimate of drug-likeness (QED) is 0.328. The van der Waals surface area contributed by atoms with Gasteiger partial charge in [0.25, 0.3) is 5.91 Å². The Morgan fingerprint density at radius 2 is 1.54 bits per heavy atom. The molecule has 2 amide bonds. The zero-order chi connectivity index (χ0) is 26.2. The van der Waals surface area contributed by atoms with Crippen LogP contribution in [-0.2, 0) is 10.2 Å². The van der Waals surface area contributed by atoms with Gasteiger partial charge in [0.1, 0.15) is 5.82 Å². The number of hydrogen-bond acceptors (Lipinski definition) is 2. The second-order valence-electron chi connectivity index (χ2n) is 9.19. The van der Waals surface area contributed by atoms with Crippen LogP contribution in [0.5, 0.6) is 0 Å². The summed E-state index contributed by atoms with van der Waals surface area (Å²) < 4.78 is 15.4. The number of nitrogens with two attached hydrogens (primary N) is 1. The maximum absolute atomic E-state index is 13.6. The molecule has 0 unspecified atom stereocenters. The minimum Gasteiger partial charge on any atom is -0.369 e. The van der Waals surface area contributed by atoms with Crippen LogP contribution in [0.15, 0.2) is 85.1 Å². The van der Waals surface area contributed by atoms with Crippen LogP contribution in [-0.4, -0.2) is 34.4 Å². The summed E-state index contributed by atoms with van der Waals surface area (Å²) in [5, 5.41) is 1.18. The first-order valence-electron chi connectivity index (χ1n) is 11.9. The molecule has 1 aliphatic heterocycles. The second kappa shape index (κ2) is 10.0. The van der Waals surface area contributed by atoms with Crippen molar-refractivity contribution in [3.8, 4) is 16.9 Å². The normalized spacial score (nSPS) is 14.9. The maximum Gasteiger partial charge on any atom is 0.255 e. The summed E-state index contributed by atoms with van der Waals surface area (Å²) in [6.45, 7) is 0.680. The van der Waals surface area contributed by atoms with Crippen LogP contribution in [0.4, 0.5) is 4.39 Å². The van der Waals surface area contributed by atoms with E-state index in [-0.39, 0.29) is 11.7 Å². The Morgan fingerprint density at radius 3 is 2.16 bits per heavy atom. The van der Waals surface area contributed by atoms with Gasteiger partial charge in [-0.05, 0) is 66.9 Å². The van der Waals surface area contributed by atoms with Crippen molar-refractivity contribution in [3.63, 3.8) is 0 Å². The summed E-state index contributed by atoms with van der Waals surface area (Å²) in [5.74, 6) is -1.00. The van der Waals surface area contributed by atoms with Crippen molar-refractivity contribution in [2.75, 3.05) is 13.1 Å². The fraction of sp³-hybridized carbons (Fsp3) is 0.172. The van der Waals surface area contributed by atoms with Crippen LogP contribution >= 0.6 is 23.2 Å². The SMILES string of the molecule is NC(=O)C1(c2ccc(F)cc2)CCN(C(=O)c2cc(-c3ccccc3Cl)n(-c3ccc(Cl)cc3)c2)CC1. The number of hydrogen-bond donors (Lipinski definition) is 1. The summed E-state index contributed by atoms with van der Waals surface area (Å²) in [4.78, 5) is 27.9. The molecular weight excluding hydrogens is 512 g/mol. The molecule has 5 nitrogen and oxygen atoms in total. The van der Waals surface area contributed by atoms with Crippen molar-refractivity contribution >= 4 is 35.0 Å². The van der Waals surface area contributed by atoms with Crippen molar-refractivity contribution in [1.29, 1.82) is 0 Å². The number of rotatable bonds is 5. The maximum atomic E-state index is 13.6. The van der Waals surface area contributed by atoms with Gasteiger partial charge in [-0.15, -0.1) is 0 Å². The molecule has 2 N–H and O–H groups in total. The van der Waals surface area contributed by atoms with Crippen LogP contribution < -0.4 is 5.73 Å². The number of benzene rings is 3. The van der Waals surface area contributed by atoms with Crippen molar-refractivity contribution in [2.45, 2.75) is 18.3 Å². The number of piperidine rings is 1. The lowest BCUT2D eigenvalue weighted by atomic mass is 9.72. The monoisotopic (exact) mass is 535 g/mol. The highest BCUT2D eigenvalue weighted by atomic mass is 35.5.